The topological polar surface area (TPSA) is 74.5 Å². The number of carbonyl (C=O) groups is 1. The Morgan fingerprint density at radius 1 is 1.42 bits per heavy atom. The number of amides is 1. The van der Waals surface area contributed by atoms with E-state index in [1.165, 1.54) is 0 Å². The van der Waals surface area contributed by atoms with Crippen molar-refractivity contribution >= 4 is 11.7 Å². The fourth-order valence-electron chi connectivity index (χ4n) is 3.21. The standard InChI is InChI=1S/C17H23N5O2/c1-20-10-14(19-13-20)16(23)21(2)11-17(24)7-5-9-22(12-17)15-6-3-4-8-18-15/h3-4,6,8,10,13,24H,5,7,9,11-12H2,1-2H3/t17-/m1/s1. The first-order valence-corrected chi connectivity index (χ1v) is 8.09. The molecule has 2 aromatic heterocycles. The molecule has 24 heavy (non-hydrogen) atoms. The predicted molar refractivity (Wildman–Crippen MR) is 90.8 cm³/mol. The van der Waals surface area contributed by atoms with Crippen molar-refractivity contribution in [2.24, 2.45) is 7.05 Å². The van der Waals surface area contributed by atoms with Crippen molar-refractivity contribution in [1.29, 1.82) is 0 Å². The van der Waals surface area contributed by atoms with Crippen molar-refractivity contribution < 1.29 is 9.90 Å². The molecule has 1 aliphatic rings. The number of pyridine rings is 1. The van der Waals surface area contributed by atoms with Crippen LogP contribution in [0.1, 0.15) is 23.3 Å². The zero-order chi connectivity index (χ0) is 17.2. The smallest absolute Gasteiger partial charge is 0.273 e. The number of nitrogens with zero attached hydrogens (tertiary/aromatic N) is 5. The van der Waals surface area contributed by atoms with Crippen LogP contribution < -0.4 is 4.90 Å². The summed E-state index contributed by atoms with van der Waals surface area (Å²) in [6.45, 7) is 1.59. The summed E-state index contributed by atoms with van der Waals surface area (Å²) < 4.78 is 1.74. The van der Waals surface area contributed by atoms with Crippen LogP contribution in [-0.2, 0) is 7.05 Å². The molecule has 1 fully saturated rings. The molecular formula is C17H23N5O2. The van der Waals surface area contributed by atoms with Crippen molar-refractivity contribution in [1.82, 2.24) is 19.4 Å². The molecule has 0 aliphatic carbocycles. The molecule has 0 saturated carbocycles. The van der Waals surface area contributed by atoms with Crippen LogP contribution in [-0.4, -0.2) is 62.7 Å². The van der Waals surface area contributed by atoms with Crippen LogP contribution in [0, 0.1) is 0 Å². The second-order valence-electron chi connectivity index (χ2n) is 6.52. The molecule has 1 amide bonds. The van der Waals surface area contributed by atoms with Crippen molar-refractivity contribution in [3.05, 3.63) is 42.6 Å². The normalized spacial score (nSPS) is 20.9. The van der Waals surface area contributed by atoms with Gasteiger partial charge < -0.3 is 19.5 Å². The van der Waals surface area contributed by atoms with Crippen LogP contribution in [0.4, 0.5) is 5.82 Å². The van der Waals surface area contributed by atoms with Gasteiger partial charge in [-0.2, -0.15) is 0 Å². The van der Waals surface area contributed by atoms with E-state index >= 15 is 0 Å². The summed E-state index contributed by atoms with van der Waals surface area (Å²) in [6.07, 6.45) is 6.55. The molecule has 3 heterocycles. The number of hydrogen-bond acceptors (Lipinski definition) is 5. The van der Waals surface area contributed by atoms with Gasteiger partial charge in [0.2, 0.25) is 0 Å². The van der Waals surface area contributed by atoms with Gasteiger partial charge in [0.25, 0.3) is 5.91 Å². The van der Waals surface area contributed by atoms with Crippen LogP contribution in [0.15, 0.2) is 36.9 Å². The van der Waals surface area contributed by atoms with Crippen LogP contribution >= 0.6 is 0 Å². The Hall–Kier alpha value is -2.41. The molecule has 0 unspecified atom stereocenters. The number of anilines is 1. The molecule has 0 radical (unpaired) electrons. The zero-order valence-corrected chi connectivity index (χ0v) is 14.1. The largest absolute Gasteiger partial charge is 0.386 e. The minimum absolute atomic E-state index is 0.181. The van der Waals surface area contributed by atoms with Crippen LogP contribution in [0.5, 0.6) is 0 Å². The SMILES string of the molecule is CN(C[C@]1(O)CCCN(c2ccccn2)C1)C(=O)c1cn(C)cn1. The highest BCUT2D eigenvalue weighted by Gasteiger charge is 2.36. The molecule has 7 nitrogen and oxygen atoms in total. The quantitative estimate of drug-likeness (QED) is 0.903. The van der Waals surface area contributed by atoms with Gasteiger partial charge in [0.1, 0.15) is 11.5 Å². The molecular weight excluding hydrogens is 306 g/mol. The molecule has 1 aliphatic heterocycles. The summed E-state index contributed by atoms with van der Waals surface area (Å²) in [4.78, 5) is 24.5. The molecule has 0 bridgehead atoms. The second kappa shape index (κ2) is 6.60. The third kappa shape index (κ3) is 3.56. The lowest BCUT2D eigenvalue weighted by Crippen LogP contribution is -2.54. The zero-order valence-electron chi connectivity index (χ0n) is 14.1. The number of β-amino-alcohol motifs (C(OH)–C–C–N with tert-alkyl or cyclic N) is 1. The molecule has 7 heteroatoms. The Bertz CT molecular complexity index is 702. The maximum Gasteiger partial charge on any atom is 0.273 e. The first kappa shape index (κ1) is 16.4. The summed E-state index contributed by atoms with van der Waals surface area (Å²) in [6, 6.07) is 5.75. The number of rotatable bonds is 4. The van der Waals surface area contributed by atoms with E-state index < -0.39 is 5.60 Å². The average molecular weight is 329 g/mol. The molecule has 1 N–H and O–H groups in total. The lowest BCUT2D eigenvalue weighted by molar-refractivity contribution is -0.000265. The molecule has 128 valence electrons. The first-order chi connectivity index (χ1) is 11.5. The molecule has 1 saturated heterocycles. The van der Waals surface area contributed by atoms with Crippen LogP contribution in [0.25, 0.3) is 0 Å². The van der Waals surface area contributed by atoms with E-state index in [-0.39, 0.29) is 12.5 Å². The predicted octanol–water partition coefficient (Wildman–Crippen LogP) is 0.919. The highest BCUT2D eigenvalue weighted by Crippen LogP contribution is 2.25. The van der Waals surface area contributed by atoms with Gasteiger partial charge in [0.05, 0.1) is 18.5 Å². The van der Waals surface area contributed by atoms with E-state index in [1.54, 1.807) is 35.2 Å². The molecule has 2 aromatic rings. The number of imidazole rings is 1. The Morgan fingerprint density at radius 3 is 2.92 bits per heavy atom. The minimum atomic E-state index is -0.949. The van der Waals surface area contributed by atoms with E-state index in [0.717, 1.165) is 18.8 Å². The fourth-order valence-corrected chi connectivity index (χ4v) is 3.21. The fraction of sp³-hybridized carbons (Fsp3) is 0.471. The van der Waals surface area contributed by atoms with E-state index in [4.69, 9.17) is 0 Å². The van der Waals surface area contributed by atoms with E-state index in [9.17, 15) is 9.90 Å². The van der Waals surface area contributed by atoms with Crippen LogP contribution in [0.3, 0.4) is 0 Å². The van der Waals surface area contributed by atoms with Gasteiger partial charge in [-0.15, -0.1) is 0 Å². The Morgan fingerprint density at radius 2 is 2.25 bits per heavy atom. The first-order valence-electron chi connectivity index (χ1n) is 8.09. The lowest BCUT2D eigenvalue weighted by Gasteiger charge is -2.41. The van der Waals surface area contributed by atoms with Gasteiger partial charge in [0, 0.05) is 39.6 Å². The summed E-state index contributed by atoms with van der Waals surface area (Å²) in [7, 11) is 3.53. The summed E-state index contributed by atoms with van der Waals surface area (Å²) in [5, 5.41) is 11.0. The molecule has 0 spiro atoms. The molecule has 3 rings (SSSR count). The maximum absolute atomic E-state index is 12.4. The number of hydrogen-bond donors (Lipinski definition) is 1. The van der Waals surface area contributed by atoms with Crippen molar-refractivity contribution in [2.45, 2.75) is 18.4 Å². The van der Waals surface area contributed by atoms with E-state index in [0.29, 0.717) is 18.7 Å². The summed E-state index contributed by atoms with van der Waals surface area (Å²) >= 11 is 0. The number of aromatic nitrogens is 3. The average Bonchev–Trinajstić information content (AvgIpc) is 3.01. The van der Waals surface area contributed by atoms with Gasteiger partial charge in [-0.05, 0) is 25.0 Å². The Labute approximate surface area is 141 Å². The summed E-state index contributed by atoms with van der Waals surface area (Å²) in [5.41, 5.74) is -0.560. The molecule has 1 atom stereocenters. The summed E-state index contributed by atoms with van der Waals surface area (Å²) in [5.74, 6) is 0.674. The highest BCUT2D eigenvalue weighted by molar-refractivity contribution is 5.91. The Balaban J connectivity index is 1.67. The van der Waals surface area contributed by atoms with Crippen molar-refractivity contribution in [2.75, 3.05) is 31.6 Å². The Kier molecular flexibility index (Phi) is 4.53. The van der Waals surface area contributed by atoms with Crippen molar-refractivity contribution in [3.63, 3.8) is 0 Å². The van der Waals surface area contributed by atoms with Crippen LogP contribution in [0.2, 0.25) is 0 Å². The highest BCUT2D eigenvalue weighted by atomic mass is 16.3. The number of aliphatic hydroxyl groups is 1. The van der Waals surface area contributed by atoms with Gasteiger partial charge >= 0.3 is 0 Å². The van der Waals surface area contributed by atoms with Gasteiger partial charge in [-0.1, -0.05) is 6.07 Å². The number of likely N-dealkylation sites (N-methyl/N-ethyl adjacent to an activating group) is 1. The maximum atomic E-state index is 12.4. The van der Waals surface area contributed by atoms with E-state index in [2.05, 4.69) is 14.9 Å². The van der Waals surface area contributed by atoms with Gasteiger partial charge in [0.15, 0.2) is 0 Å². The number of piperidine rings is 1. The monoisotopic (exact) mass is 329 g/mol. The number of aryl methyl sites for hydroxylation is 1. The minimum Gasteiger partial charge on any atom is -0.386 e. The van der Waals surface area contributed by atoms with Crippen molar-refractivity contribution in [3.8, 4) is 0 Å². The number of carbonyl (C=O) groups excluding carboxylic acids is 1. The second-order valence-corrected chi connectivity index (χ2v) is 6.52. The van der Waals surface area contributed by atoms with Gasteiger partial charge in [-0.3, -0.25) is 4.79 Å². The lowest BCUT2D eigenvalue weighted by atomic mass is 9.92. The van der Waals surface area contributed by atoms with E-state index in [1.807, 2.05) is 25.2 Å². The third-order valence-corrected chi connectivity index (χ3v) is 4.33. The molecule has 0 aromatic carbocycles. The van der Waals surface area contributed by atoms with Gasteiger partial charge in [-0.25, -0.2) is 9.97 Å². The third-order valence-electron chi connectivity index (χ3n) is 4.33.